The lowest BCUT2D eigenvalue weighted by atomic mass is 10.1. The van der Waals surface area contributed by atoms with Crippen LogP contribution in [0.5, 0.6) is 0 Å². The van der Waals surface area contributed by atoms with E-state index in [1.165, 1.54) is 57.8 Å². The summed E-state index contributed by atoms with van der Waals surface area (Å²) in [6, 6.07) is 0. The van der Waals surface area contributed by atoms with E-state index >= 15 is 0 Å². The molecule has 0 aliphatic heterocycles. The number of aliphatic carboxylic acids is 2. The Labute approximate surface area is 178 Å². The highest BCUT2D eigenvalue weighted by molar-refractivity contribution is 8.00. The molecule has 4 N–H and O–H groups in total. The van der Waals surface area contributed by atoms with Gasteiger partial charge in [-0.25, -0.2) is 0 Å². The molecule has 1 unspecified atom stereocenters. The van der Waals surface area contributed by atoms with Crippen molar-refractivity contribution in [2.45, 2.75) is 117 Å². The third-order valence-electron chi connectivity index (χ3n) is 3.52. The van der Waals surface area contributed by atoms with Crippen LogP contribution in [-0.2, 0) is 9.59 Å². The van der Waals surface area contributed by atoms with E-state index in [1.54, 1.807) is 25.6 Å². The summed E-state index contributed by atoms with van der Waals surface area (Å²) in [7, 11) is 0. The van der Waals surface area contributed by atoms with Crippen LogP contribution in [0, 0.1) is 5.92 Å². The molecule has 0 aliphatic rings. The first-order valence-electron chi connectivity index (χ1n) is 10.7. The van der Waals surface area contributed by atoms with Gasteiger partial charge in [0, 0.05) is 6.42 Å². The summed E-state index contributed by atoms with van der Waals surface area (Å²) in [5, 5.41) is 16.2. The maximum atomic E-state index is 10.6. The largest absolute Gasteiger partial charge is 0.481 e. The minimum Gasteiger partial charge on any atom is -0.481 e. The molecule has 0 aliphatic carbocycles. The Morgan fingerprint density at radius 1 is 0.750 bits per heavy atom. The second-order valence-corrected chi connectivity index (χ2v) is 8.96. The van der Waals surface area contributed by atoms with Crippen LogP contribution in [0.1, 0.15) is 112 Å². The molecule has 0 spiro atoms. The highest BCUT2D eigenvalue weighted by atomic mass is 32.2. The zero-order valence-electron chi connectivity index (χ0n) is 19.3. The van der Waals surface area contributed by atoms with Crippen molar-refractivity contribution in [1.29, 1.82) is 0 Å². The van der Waals surface area contributed by atoms with Crippen LogP contribution in [-0.4, -0.2) is 38.6 Å². The van der Waals surface area contributed by atoms with Gasteiger partial charge >= 0.3 is 11.9 Å². The van der Waals surface area contributed by atoms with E-state index in [1.807, 2.05) is 0 Å². The van der Waals surface area contributed by atoms with Gasteiger partial charge in [0.15, 0.2) is 0 Å². The predicted molar refractivity (Wildman–Crippen MR) is 123 cm³/mol. The standard InChI is InChI=1S/C15H30O2S.C4H10.C3H6O2.H2O/c1-3-4-5-6-7-8-9-10-11-12-13-18-14(2)15(16)17;1-4(2)3;1-2-3(4)5;/h14H,3-13H2,1-2H3,(H,16,17);4H,1-3H3;2H2,1H3,(H,4,5);1H2. The molecule has 0 rings (SSSR count). The summed E-state index contributed by atoms with van der Waals surface area (Å²) >= 11 is 1.56. The van der Waals surface area contributed by atoms with Crippen molar-refractivity contribution in [1.82, 2.24) is 0 Å². The molecule has 0 aromatic heterocycles. The number of hydrogen-bond donors (Lipinski definition) is 2. The summed E-state index contributed by atoms with van der Waals surface area (Å²) in [5.41, 5.74) is 0. The van der Waals surface area contributed by atoms with Gasteiger partial charge in [-0.15, -0.1) is 11.8 Å². The molecule has 0 heterocycles. The maximum Gasteiger partial charge on any atom is 0.316 e. The number of hydrogen-bond acceptors (Lipinski definition) is 3. The first-order chi connectivity index (χ1) is 12.7. The van der Waals surface area contributed by atoms with Crippen LogP contribution in [0.15, 0.2) is 0 Å². The van der Waals surface area contributed by atoms with Crippen molar-refractivity contribution in [3.63, 3.8) is 0 Å². The van der Waals surface area contributed by atoms with Crippen LogP contribution in [0.2, 0.25) is 0 Å². The lowest BCUT2D eigenvalue weighted by Gasteiger charge is -2.05. The van der Waals surface area contributed by atoms with Gasteiger partial charge in [-0.1, -0.05) is 92.4 Å². The first-order valence-corrected chi connectivity index (χ1v) is 11.8. The second-order valence-electron chi connectivity index (χ2n) is 7.51. The molecule has 28 heavy (non-hydrogen) atoms. The van der Waals surface area contributed by atoms with Crippen LogP contribution >= 0.6 is 11.8 Å². The molecule has 0 aromatic rings. The van der Waals surface area contributed by atoms with Gasteiger partial charge in [-0.05, 0) is 25.0 Å². The Morgan fingerprint density at radius 2 is 1.07 bits per heavy atom. The molecule has 0 amide bonds. The zero-order valence-corrected chi connectivity index (χ0v) is 20.1. The molecule has 0 saturated carbocycles. The molecule has 172 valence electrons. The molecular formula is C22H48O5S. The van der Waals surface area contributed by atoms with Gasteiger partial charge in [0.25, 0.3) is 0 Å². The lowest BCUT2D eigenvalue weighted by molar-refractivity contribution is -0.137. The van der Waals surface area contributed by atoms with Gasteiger partial charge in [-0.3, -0.25) is 9.59 Å². The number of carboxylic acid groups (broad SMARTS) is 2. The van der Waals surface area contributed by atoms with E-state index in [0.717, 1.165) is 18.1 Å². The fourth-order valence-electron chi connectivity index (χ4n) is 1.92. The average molecular weight is 425 g/mol. The zero-order chi connectivity index (χ0) is 21.5. The van der Waals surface area contributed by atoms with Gasteiger partial charge in [0.2, 0.25) is 0 Å². The average Bonchev–Trinajstić information content (AvgIpc) is 2.59. The number of carbonyl (C=O) groups is 2. The Balaban J connectivity index is -0.000000240. The van der Waals surface area contributed by atoms with Crippen LogP contribution in [0.25, 0.3) is 0 Å². The van der Waals surface area contributed by atoms with E-state index in [2.05, 4.69) is 27.7 Å². The molecule has 0 fully saturated rings. The van der Waals surface area contributed by atoms with Crippen LogP contribution < -0.4 is 0 Å². The lowest BCUT2D eigenvalue weighted by Crippen LogP contribution is -2.11. The van der Waals surface area contributed by atoms with Crippen LogP contribution in [0.4, 0.5) is 0 Å². The van der Waals surface area contributed by atoms with E-state index in [0.29, 0.717) is 0 Å². The maximum absolute atomic E-state index is 10.6. The topological polar surface area (TPSA) is 106 Å². The molecule has 0 saturated heterocycles. The fourth-order valence-corrected chi connectivity index (χ4v) is 2.79. The number of rotatable bonds is 14. The smallest absolute Gasteiger partial charge is 0.316 e. The molecular weight excluding hydrogens is 376 g/mol. The molecule has 0 radical (unpaired) electrons. The van der Waals surface area contributed by atoms with Gasteiger partial charge < -0.3 is 15.7 Å². The van der Waals surface area contributed by atoms with E-state index in [-0.39, 0.29) is 17.1 Å². The normalized spacial score (nSPS) is 10.7. The summed E-state index contributed by atoms with van der Waals surface area (Å²) in [4.78, 5) is 20.0. The SMILES string of the molecule is CC(C)C.CCC(=O)O.CCCCCCCCCCCCSC(C)C(=O)O.O. The van der Waals surface area contributed by atoms with Gasteiger partial charge in [0.05, 0.1) is 5.25 Å². The second kappa shape index (κ2) is 28.5. The Morgan fingerprint density at radius 3 is 1.36 bits per heavy atom. The van der Waals surface area contributed by atoms with Crippen molar-refractivity contribution in [3.05, 3.63) is 0 Å². The van der Waals surface area contributed by atoms with Crippen molar-refractivity contribution in [2.24, 2.45) is 5.92 Å². The Kier molecular flexibility index (Phi) is 35.3. The summed E-state index contributed by atoms with van der Waals surface area (Å²) in [5.74, 6) is 0.390. The molecule has 5 nitrogen and oxygen atoms in total. The molecule has 6 heteroatoms. The highest BCUT2D eigenvalue weighted by Gasteiger charge is 2.09. The molecule has 1 atom stereocenters. The summed E-state index contributed by atoms with van der Waals surface area (Å²) in [6.45, 7) is 12.1. The third-order valence-corrected chi connectivity index (χ3v) is 4.74. The quantitative estimate of drug-likeness (QED) is 0.312. The molecule has 0 bridgehead atoms. The summed E-state index contributed by atoms with van der Waals surface area (Å²) in [6.07, 6.45) is 13.6. The highest BCUT2D eigenvalue weighted by Crippen LogP contribution is 2.15. The van der Waals surface area contributed by atoms with E-state index in [4.69, 9.17) is 10.2 Å². The number of carboxylic acids is 2. The van der Waals surface area contributed by atoms with Crippen molar-refractivity contribution >= 4 is 23.7 Å². The third kappa shape index (κ3) is 44.6. The van der Waals surface area contributed by atoms with Crippen LogP contribution in [0.3, 0.4) is 0 Å². The van der Waals surface area contributed by atoms with Crippen molar-refractivity contribution in [2.75, 3.05) is 5.75 Å². The molecule has 0 aromatic carbocycles. The van der Waals surface area contributed by atoms with Gasteiger partial charge in [-0.2, -0.15) is 0 Å². The Bertz CT molecular complexity index is 319. The fraction of sp³-hybridized carbons (Fsp3) is 0.909. The first kappa shape index (κ1) is 34.7. The van der Waals surface area contributed by atoms with Crippen molar-refractivity contribution in [3.8, 4) is 0 Å². The van der Waals surface area contributed by atoms with E-state index < -0.39 is 11.9 Å². The van der Waals surface area contributed by atoms with E-state index in [9.17, 15) is 9.59 Å². The summed E-state index contributed by atoms with van der Waals surface area (Å²) < 4.78 is 0. The van der Waals surface area contributed by atoms with Gasteiger partial charge in [0.1, 0.15) is 0 Å². The Hall–Kier alpha value is -0.750. The number of unbranched alkanes of at least 4 members (excludes halogenated alkanes) is 9. The minimum absolute atomic E-state index is 0. The predicted octanol–water partition coefficient (Wildman–Crippen LogP) is 6.43. The monoisotopic (exact) mass is 424 g/mol. The van der Waals surface area contributed by atoms with Crippen molar-refractivity contribution < 1.29 is 25.3 Å². The number of thioether (sulfide) groups is 1. The minimum atomic E-state index is -0.745.